The number of carbonyl (C=O) groups excluding carboxylic acids is 1. The number of likely N-dealkylation sites (N-methyl/N-ethyl adjacent to an activating group) is 1. The second-order valence-corrected chi connectivity index (χ2v) is 8.00. The summed E-state index contributed by atoms with van der Waals surface area (Å²) in [5.41, 5.74) is 8.45. The molecule has 1 aliphatic heterocycles. The first kappa shape index (κ1) is 19.8. The van der Waals surface area contributed by atoms with Crippen LogP contribution in [0.2, 0.25) is 0 Å². The Hall–Kier alpha value is -3.47. The number of allylic oxidation sites excluding steroid dienone is 2. The lowest BCUT2D eigenvalue weighted by atomic mass is 9.84. The molecule has 30 heavy (non-hydrogen) atoms. The Bertz CT molecular complexity index is 1180. The summed E-state index contributed by atoms with van der Waals surface area (Å²) in [5, 5.41) is 5.01. The third-order valence-electron chi connectivity index (χ3n) is 5.79. The molecule has 1 aromatic heterocycles. The molecule has 2 heterocycles. The van der Waals surface area contributed by atoms with Gasteiger partial charge in [-0.1, -0.05) is 57.2 Å². The minimum Gasteiger partial charge on any atom is -0.347 e. The fourth-order valence-electron chi connectivity index (χ4n) is 4.16. The predicted octanol–water partition coefficient (Wildman–Crippen LogP) is 4.82. The number of aryl methyl sites for hydroxylation is 1. The van der Waals surface area contributed by atoms with Crippen LogP contribution in [0.1, 0.15) is 42.4 Å². The molecular formula is C25H26N4O. The summed E-state index contributed by atoms with van der Waals surface area (Å²) in [6.45, 7) is 6.42. The highest BCUT2D eigenvalue weighted by Gasteiger charge is 2.37. The molecule has 5 heteroatoms. The molecule has 0 fully saturated rings. The monoisotopic (exact) mass is 398 g/mol. The summed E-state index contributed by atoms with van der Waals surface area (Å²) in [6, 6.07) is 17.9. The summed E-state index contributed by atoms with van der Waals surface area (Å²) in [6.07, 6.45) is 4.38. The number of benzene rings is 2. The molecule has 2 aromatic carbocycles. The number of hydrazone groups is 1. The Balaban J connectivity index is 1.56. The van der Waals surface area contributed by atoms with Crippen LogP contribution < -0.4 is 10.3 Å². The van der Waals surface area contributed by atoms with Crippen molar-refractivity contribution in [3.63, 3.8) is 0 Å². The zero-order valence-electron chi connectivity index (χ0n) is 17.8. The van der Waals surface area contributed by atoms with Crippen LogP contribution in [0.5, 0.6) is 0 Å². The van der Waals surface area contributed by atoms with E-state index in [1.807, 2.05) is 49.4 Å². The van der Waals surface area contributed by atoms with Gasteiger partial charge in [0, 0.05) is 41.1 Å². The molecule has 0 saturated carbocycles. The molecule has 0 radical (unpaired) electrons. The quantitative estimate of drug-likeness (QED) is 0.506. The number of pyridine rings is 1. The average molecular weight is 399 g/mol. The number of carbonyl (C=O) groups is 1. The van der Waals surface area contributed by atoms with Gasteiger partial charge in [0.15, 0.2) is 0 Å². The van der Waals surface area contributed by atoms with E-state index in [-0.39, 0.29) is 11.3 Å². The van der Waals surface area contributed by atoms with E-state index in [0.29, 0.717) is 5.56 Å². The third kappa shape index (κ3) is 3.36. The molecule has 5 nitrogen and oxygen atoms in total. The molecule has 0 spiro atoms. The number of nitrogens with zero attached hydrogens (tertiary/aromatic N) is 3. The Morgan fingerprint density at radius 2 is 1.90 bits per heavy atom. The molecule has 3 aromatic rings. The Kier molecular flexibility index (Phi) is 5.12. The lowest BCUT2D eigenvalue weighted by Gasteiger charge is -2.23. The van der Waals surface area contributed by atoms with Gasteiger partial charge in [-0.2, -0.15) is 5.10 Å². The van der Waals surface area contributed by atoms with Crippen molar-refractivity contribution in [1.82, 2.24) is 10.4 Å². The van der Waals surface area contributed by atoms with Crippen molar-refractivity contribution in [1.29, 1.82) is 0 Å². The molecule has 0 atom stereocenters. The molecule has 0 unspecified atom stereocenters. The first-order valence-corrected chi connectivity index (χ1v) is 10.2. The zero-order chi connectivity index (χ0) is 21.3. The van der Waals surface area contributed by atoms with E-state index in [9.17, 15) is 4.79 Å². The first-order valence-electron chi connectivity index (χ1n) is 10.2. The fraction of sp³-hybridized carbons (Fsp3) is 0.240. The number of nitrogens with one attached hydrogen (secondary N) is 1. The van der Waals surface area contributed by atoms with E-state index in [4.69, 9.17) is 0 Å². The number of hydrogen-bond acceptors (Lipinski definition) is 4. The van der Waals surface area contributed by atoms with E-state index in [1.165, 1.54) is 11.3 Å². The second-order valence-electron chi connectivity index (χ2n) is 8.00. The summed E-state index contributed by atoms with van der Waals surface area (Å²) in [7, 11) is 2.06. The summed E-state index contributed by atoms with van der Waals surface area (Å²) in [5.74, 6) is -0.236. The van der Waals surface area contributed by atoms with Gasteiger partial charge in [-0.15, -0.1) is 0 Å². The topological polar surface area (TPSA) is 57.6 Å². The van der Waals surface area contributed by atoms with Gasteiger partial charge in [0.05, 0.1) is 11.1 Å². The van der Waals surface area contributed by atoms with Gasteiger partial charge in [-0.3, -0.25) is 9.78 Å². The van der Waals surface area contributed by atoms with Crippen molar-refractivity contribution in [2.45, 2.75) is 32.6 Å². The van der Waals surface area contributed by atoms with Crippen LogP contribution in [0.4, 0.5) is 5.69 Å². The molecular weight excluding hydrogens is 372 g/mol. The number of amides is 1. The molecule has 0 aliphatic carbocycles. The average Bonchev–Trinajstić information content (AvgIpc) is 2.96. The normalized spacial score (nSPS) is 16.4. The predicted molar refractivity (Wildman–Crippen MR) is 123 cm³/mol. The molecule has 1 amide bonds. The molecule has 152 valence electrons. The minimum absolute atomic E-state index is 0.126. The van der Waals surface area contributed by atoms with Crippen molar-refractivity contribution >= 4 is 28.7 Å². The van der Waals surface area contributed by atoms with Crippen LogP contribution in [0.25, 0.3) is 10.9 Å². The van der Waals surface area contributed by atoms with Crippen molar-refractivity contribution in [3.05, 3.63) is 83.2 Å². The van der Waals surface area contributed by atoms with E-state index < -0.39 is 0 Å². The zero-order valence-corrected chi connectivity index (χ0v) is 17.8. The molecule has 0 saturated heterocycles. The maximum absolute atomic E-state index is 12.8. The first-order chi connectivity index (χ1) is 14.4. The standard InChI is InChI=1S/C25H26N4O/c1-5-17-16-19(18-10-6-8-12-21(18)27-17)24(30)28-26-15-14-23-25(2,3)20-11-7-9-13-22(20)29(23)4/h6-16H,5H2,1-4H3,(H,28,30). The van der Waals surface area contributed by atoms with Gasteiger partial charge in [-0.25, -0.2) is 5.43 Å². The van der Waals surface area contributed by atoms with Crippen molar-refractivity contribution in [2.75, 3.05) is 11.9 Å². The van der Waals surface area contributed by atoms with Crippen LogP contribution in [-0.2, 0) is 11.8 Å². The van der Waals surface area contributed by atoms with E-state index in [2.05, 4.69) is 59.5 Å². The van der Waals surface area contributed by atoms with Crippen LogP contribution in [0.15, 0.2) is 71.5 Å². The maximum Gasteiger partial charge on any atom is 0.272 e. The van der Waals surface area contributed by atoms with Gasteiger partial charge in [0.1, 0.15) is 0 Å². The number of anilines is 1. The molecule has 1 N–H and O–H groups in total. The molecule has 4 rings (SSSR count). The van der Waals surface area contributed by atoms with Gasteiger partial charge >= 0.3 is 0 Å². The lowest BCUT2D eigenvalue weighted by Crippen LogP contribution is -2.23. The summed E-state index contributed by atoms with van der Waals surface area (Å²) < 4.78 is 0. The maximum atomic E-state index is 12.8. The van der Waals surface area contributed by atoms with Gasteiger partial charge in [-0.05, 0) is 36.3 Å². The SMILES string of the molecule is CCc1cc(C(=O)NN=CC=C2N(C)c3ccccc3C2(C)C)c2ccccc2n1. The Morgan fingerprint density at radius 1 is 1.17 bits per heavy atom. The van der Waals surface area contributed by atoms with Crippen LogP contribution >= 0.6 is 0 Å². The third-order valence-corrected chi connectivity index (χ3v) is 5.79. The highest BCUT2D eigenvalue weighted by molar-refractivity contribution is 6.06. The van der Waals surface area contributed by atoms with Crippen molar-refractivity contribution in [2.24, 2.45) is 5.10 Å². The van der Waals surface area contributed by atoms with Crippen molar-refractivity contribution in [3.8, 4) is 0 Å². The Labute approximate surface area is 177 Å². The number of rotatable bonds is 4. The van der Waals surface area contributed by atoms with Gasteiger partial charge < -0.3 is 4.90 Å². The highest BCUT2D eigenvalue weighted by Crippen LogP contribution is 2.46. The number of hydrogen-bond donors (Lipinski definition) is 1. The fourth-order valence-corrected chi connectivity index (χ4v) is 4.16. The number of para-hydroxylation sites is 2. The van der Waals surface area contributed by atoms with E-state index in [0.717, 1.165) is 28.7 Å². The van der Waals surface area contributed by atoms with E-state index in [1.54, 1.807) is 6.21 Å². The van der Waals surface area contributed by atoms with E-state index >= 15 is 0 Å². The summed E-state index contributed by atoms with van der Waals surface area (Å²) >= 11 is 0. The summed E-state index contributed by atoms with van der Waals surface area (Å²) in [4.78, 5) is 19.6. The smallest absolute Gasteiger partial charge is 0.272 e. The molecule has 0 bridgehead atoms. The largest absolute Gasteiger partial charge is 0.347 e. The van der Waals surface area contributed by atoms with Gasteiger partial charge in [0.2, 0.25) is 0 Å². The lowest BCUT2D eigenvalue weighted by molar-refractivity contribution is 0.0956. The molecule has 1 aliphatic rings. The van der Waals surface area contributed by atoms with Crippen LogP contribution in [-0.4, -0.2) is 24.2 Å². The second kappa shape index (κ2) is 7.75. The number of aromatic nitrogens is 1. The Morgan fingerprint density at radius 3 is 2.67 bits per heavy atom. The van der Waals surface area contributed by atoms with Crippen molar-refractivity contribution < 1.29 is 4.79 Å². The highest BCUT2D eigenvalue weighted by atomic mass is 16.2. The number of fused-ring (bicyclic) bond motifs is 2. The van der Waals surface area contributed by atoms with Crippen LogP contribution in [0, 0.1) is 0 Å². The minimum atomic E-state index is -0.236. The van der Waals surface area contributed by atoms with Gasteiger partial charge in [0.25, 0.3) is 5.91 Å². The van der Waals surface area contributed by atoms with Crippen LogP contribution in [0.3, 0.4) is 0 Å².